The quantitative estimate of drug-likeness (QED) is 0.562. The molecule has 0 radical (unpaired) electrons. The molecule has 3 nitrogen and oxygen atoms in total. The molecular weight excluding hydrogens is 313 g/mol. The van der Waals surface area contributed by atoms with Crippen LogP contribution in [0.3, 0.4) is 0 Å². The second kappa shape index (κ2) is 6.40. The summed E-state index contributed by atoms with van der Waals surface area (Å²) in [5.41, 5.74) is 5.31. The van der Waals surface area contributed by atoms with E-state index in [0.717, 1.165) is 22.6 Å². The molecular formula is C21H19FN3+. The van der Waals surface area contributed by atoms with Gasteiger partial charge in [-0.25, -0.2) is 9.37 Å². The third-order valence-corrected chi connectivity index (χ3v) is 4.43. The smallest absolute Gasteiger partial charge is 0.206 e. The molecule has 0 spiro atoms. The van der Waals surface area contributed by atoms with Gasteiger partial charge in [0.15, 0.2) is 6.20 Å². The van der Waals surface area contributed by atoms with E-state index in [9.17, 15) is 4.39 Å². The third kappa shape index (κ3) is 2.98. The number of hydrogen-bond donors (Lipinski definition) is 2. The summed E-state index contributed by atoms with van der Waals surface area (Å²) in [4.78, 5) is 6.79. The summed E-state index contributed by atoms with van der Waals surface area (Å²) in [6, 6.07) is 20.7. The minimum absolute atomic E-state index is 0.0807. The van der Waals surface area contributed by atoms with Crippen LogP contribution in [0.25, 0.3) is 10.9 Å². The van der Waals surface area contributed by atoms with Gasteiger partial charge in [-0.2, -0.15) is 0 Å². The number of aromatic amines is 2. The fourth-order valence-electron chi connectivity index (χ4n) is 3.28. The molecule has 2 aromatic carbocycles. The molecule has 0 aliphatic carbocycles. The Morgan fingerprint density at radius 2 is 1.72 bits per heavy atom. The van der Waals surface area contributed by atoms with Gasteiger partial charge in [0.2, 0.25) is 5.69 Å². The molecule has 4 rings (SSSR count). The predicted octanol–water partition coefficient (Wildman–Crippen LogP) is 4.63. The molecule has 1 unspecified atom stereocenters. The minimum Gasteiger partial charge on any atom is -0.369 e. The summed E-state index contributed by atoms with van der Waals surface area (Å²) < 4.78 is 13.3. The number of hydrogen-bond acceptors (Lipinski definition) is 1. The van der Waals surface area contributed by atoms with E-state index < -0.39 is 0 Å². The summed E-state index contributed by atoms with van der Waals surface area (Å²) in [6.45, 7) is 2.08. The highest BCUT2D eigenvalue weighted by Crippen LogP contribution is 2.33. The normalized spacial score (nSPS) is 12.2. The minimum atomic E-state index is -0.239. The second-order valence-corrected chi connectivity index (χ2v) is 6.11. The zero-order chi connectivity index (χ0) is 17.2. The van der Waals surface area contributed by atoms with Crippen LogP contribution in [0, 0.1) is 12.7 Å². The summed E-state index contributed by atoms with van der Waals surface area (Å²) >= 11 is 0. The van der Waals surface area contributed by atoms with E-state index in [0.29, 0.717) is 0 Å². The Kier molecular flexibility index (Phi) is 3.94. The van der Waals surface area contributed by atoms with Crippen LogP contribution in [0.15, 0.2) is 72.9 Å². The number of H-pyrrole nitrogens is 2. The predicted molar refractivity (Wildman–Crippen MR) is 97.9 cm³/mol. The van der Waals surface area contributed by atoms with Crippen molar-refractivity contribution in [1.29, 1.82) is 0 Å². The summed E-state index contributed by atoms with van der Waals surface area (Å²) in [5.74, 6) is -0.239. The average molecular weight is 332 g/mol. The molecule has 0 saturated heterocycles. The molecule has 0 saturated carbocycles. The van der Waals surface area contributed by atoms with Crippen LogP contribution < -0.4 is 10.3 Å². The third-order valence-electron chi connectivity index (χ3n) is 4.43. The van der Waals surface area contributed by atoms with Crippen LogP contribution in [0.4, 0.5) is 10.1 Å². The number of pyridine rings is 1. The van der Waals surface area contributed by atoms with Gasteiger partial charge in [-0.05, 0) is 37.3 Å². The van der Waals surface area contributed by atoms with Gasteiger partial charge in [-0.15, -0.1) is 0 Å². The standard InChI is InChI=1S/C21H18FN3/c1-14-20(17-6-2-3-7-18(17)24-14)21(19-8-4-5-13-23-19)25-16-11-9-15(22)10-12-16/h2-13,21,24-25H,1H3/p+1. The number of halogens is 1. The van der Waals surface area contributed by atoms with Crippen molar-refractivity contribution < 1.29 is 9.37 Å². The van der Waals surface area contributed by atoms with Gasteiger partial charge in [0.25, 0.3) is 0 Å². The summed E-state index contributed by atoms with van der Waals surface area (Å²) in [7, 11) is 0. The molecule has 2 heterocycles. The maximum Gasteiger partial charge on any atom is 0.206 e. The van der Waals surface area contributed by atoms with Gasteiger partial charge in [0.1, 0.15) is 11.9 Å². The first-order valence-corrected chi connectivity index (χ1v) is 8.28. The fraction of sp³-hybridized carbons (Fsp3) is 0.0952. The number of benzene rings is 2. The number of aryl methyl sites for hydroxylation is 1. The number of fused-ring (bicyclic) bond motifs is 1. The van der Waals surface area contributed by atoms with Crippen molar-refractivity contribution in [2.75, 3.05) is 5.32 Å². The molecule has 0 aliphatic rings. The lowest BCUT2D eigenvalue weighted by Gasteiger charge is -2.17. The van der Waals surface area contributed by atoms with Crippen molar-refractivity contribution in [3.63, 3.8) is 0 Å². The van der Waals surface area contributed by atoms with Gasteiger partial charge in [0, 0.05) is 40.0 Å². The van der Waals surface area contributed by atoms with Gasteiger partial charge >= 0.3 is 0 Å². The molecule has 1 atom stereocenters. The maximum atomic E-state index is 13.3. The molecule has 124 valence electrons. The Labute approximate surface area is 145 Å². The SMILES string of the molecule is Cc1[nH]c2ccccc2c1C(Nc1ccc(F)cc1)c1cccc[nH+]1. The highest BCUT2D eigenvalue weighted by Gasteiger charge is 2.25. The van der Waals surface area contributed by atoms with Gasteiger partial charge < -0.3 is 10.3 Å². The van der Waals surface area contributed by atoms with Crippen LogP contribution in [-0.4, -0.2) is 4.98 Å². The maximum absolute atomic E-state index is 13.3. The van der Waals surface area contributed by atoms with Crippen LogP contribution in [0.5, 0.6) is 0 Å². The Bertz CT molecular complexity index is 991. The van der Waals surface area contributed by atoms with E-state index in [1.54, 1.807) is 12.1 Å². The molecule has 0 amide bonds. The van der Waals surface area contributed by atoms with Crippen molar-refractivity contribution in [2.45, 2.75) is 13.0 Å². The Morgan fingerprint density at radius 3 is 2.48 bits per heavy atom. The molecule has 0 bridgehead atoms. The Morgan fingerprint density at radius 1 is 0.960 bits per heavy atom. The Balaban J connectivity index is 1.85. The van der Waals surface area contributed by atoms with Crippen LogP contribution in [0.2, 0.25) is 0 Å². The number of nitrogens with one attached hydrogen (secondary N) is 3. The molecule has 3 N–H and O–H groups in total. The molecule has 0 aliphatic heterocycles. The van der Waals surface area contributed by atoms with Crippen LogP contribution >= 0.6 is 0 Å². The van der Waals surface area contributed by atoms with E-state index >= 15 is 0 Å². The molecule has 0 fully saturated rings. The van der Waals surface area contributed by atoms with Gasteiger partial charge in [0.05, 0.1) is 0 Å². The highest BCUT2D eigenvalue weighted by atomic mass is 19.1. The summed E-state index contributed by atoms with van der Waals surface area (Å²) in [5, 5.41) is 4.72. The van der Waals surface area contributed by atoms with E-state index in [2.05, 4.69) is 40.4 Å². The second-order valence-electron chi connectivity index (χ2n) is 6.11. The topological polar surface area (TPSA) is 42.0 Å². The first-order valence-electron chi connectivity index (χ1n) is 8.28. The van der Waals surface area contributed by atoms with E-state index in [1.807, 2.05) is 30.5 Å². The Hall–Kier alpha value is -3.14. The molecule has 4 heteroatoms. The van der Waals surface area contributed by atoms with Gasteiger partial charge in [-0.1, -0.05) is 24.3 Å². The first kappa shape index (κ1) is 15.4. The molecule has 25 heavy (non-hydrogen) atoms. The number of aromatic nitrogens is 2. The van der Waals surface area contributed by atoms with E-state index in [1.165, 1.54) is 23.1 Å². The zero-order valence-electron chi connectivity index (χ0n) is 13.9. The lowest BCUT2D eigenvalue weighted by atomic mass is 9.99. The lowest BCUT2D eigenvalue weighted by molar-refractivity contribution is -0.391. The monoisotopic (exact) mass is 332 g/mol. The average Bonchev–Trinajstić information content (AvgIpc) is 2.98. The number of anilines is 1. The van der Waals surface area contributed by atoms with Crippen LogP contribution in [-0.2, 0) is 0 Å². The largest absolute Gasteiger partial charge is 0.369 e. The van der Waals surface area contributed by atoms with Crippen molar-refractivity contribution >= 4 is 16.6 Å². The number of rotatable bonds is 4. The molecule has 2 aromatic heterocycles. The number of para-hydroxylation sites is 1. The lowest BCUT2D eigenvalue weighted by Crippen LogP contribution is -2.22. The fourth-order valence-corrected chi connectivity index (χ4v) is 3.28. The van der Waals surface area contributed by atoms with Crippen molar-refractivity contribution in [3.8, 4) is 0 Å². The summed E-state index contributed by atoms with van der Waals surface area (Å²) in [6.07, 6.45) is 1.92. The van der Waals surface area contributed by atoms with Crippen molar-refractivity contribution in [3.05, 3.63) is 95.7 Å². The van der Waals surface area contributed by atoms with Crippen LogP contribution in [0.1, 0.15) is 23.0 Å². The first-order chi connectivity index (χ1) is 12.2. The van der Waals surface area contributed by atoms with E-state index in [-0.39, 0.29) is 11.9 Å². The van der Waals surface area contributed by atoms with Gasteiger partial charge in [-0.3, -0.25) is 0 Å². The van der Waals surface area contributed by atoms with Crippen molar-refractivity contribution in [1.82, 2.24) is 4.98 Å². The molecule has 4 aromatic rings. The van der Waals surface area contributed by atoms with Crippen molar-refractivity contribution in [2.24, 2.45) is 0 Å². The highest BCUT2D eigenvalue weighted by molar-refractivity contribution is 5.86. The van der Waals surface area contributed by atoms with E-state index in [4.69, 9.17) is 0 Å². The zero-order valence-corrected chi connectivity index (χ0v) is 13.9.